The number of aromatic nitrogens is 2. The molecule has 0 aliphatic heterocycles. The van der Waals surface area contributed by atoms with Gasteiger partial charge in [0.15, 0.2) is 0 Å². The van der Waals surface area contributed by atoms with Crippen molar-refractivity contribution in [2.24, 2.45) is 0 Å². The lowest BCUT2D eigenvalue weighted by atomic mass is 10.1. The number of rotatable bonds is 6. The predicted molar refractivity (Wildman–Crippen MR) is 78.1 cm³/mol. The van der Waals surface area contributed by atoms with Gasteiger partial charge in [0.25, 0.3) is 0 Å². The molecule has 0 radical (unpaired) electrons. The summed E-state index contributed by atoms with van der Waals surface area (Å²) < 4.78 is 22.8. The van der Waals surface area contributed by atoms with Crippen LogP contribution in [0.2, 0.25) is 0 Å². The Balaban J connectivity index is 2.02. The van der Waals surface area contributed by atoms with Crippen LogP contribution in [0, 0.1) is 0 Å². The number of benzene rings is 1. The normalized spacial score (nSPS) is 13.5. The van der Waals surface area contributed by atoms with Gasteiger partial charge in [0, 0.05) is 5.75 Å². The molecule has 1 heterocycles. The Hall–Kier alpha value is -1.53. The van der Waals surface area contributed by atoms with Gasteiger partial charge < -0.3 is 5.11 Å². The van der Waals surface area contributed by atoms with Gasteiger partial charge in [0.2, 0.25) is 0 Å². The maximum absolute atomic E-state index is 11.4. The third-order valence-electron chi connectivity index (χ3n) is 3.18. The molecular formula is C14H18N2O3S. The van der Waals surface area contributed by atoms with Crippen LogP contribution in [-0.4, -0.2) is 35.0 Å². The number of para-hydroxylation sites is 2. The van der Waals surface area contributed by atoms with Crippen molar-refractivity contribution < 1.29 is 13.5 Å². The number of aliphatic hydroxyl groups excluding tert-OH is 1. The molecule has 20 heavy (non-hydrogen) atoms. The number of hydrogen-bond acceptors (Lipinski definition) is 5. The van der Waals surface area contributed by atoms with Gasteiger partial charge >= 0.3 is 0 Å². The molecule has 0 amide bonds. The second-order valence-corrected chi connectivity index (χ2v) is 7.15. The highest BCUT2D eigenvalue weighted by Gasteiger charge is 2.13. The lowest BCUT2D eigenvalue weighted by Crippen LogP contribution is -2.10. The van der Waals surface area contributed by atoms with Crippen molar-refractivity contribution in [3.63, 3.8) is 0 Å². The fourth-order valence-corrected chi connectivity index (χ4v) is 2.82. The Morgan fingerprint density at radius 2 is 1.95 bits per heavy atom. The Labute approximate surface area is 118 Å². The molecular weight excluding hydrogens is 276 g/mol. The van der Waals surface area contributed by atoms with Crippen molar-refractivity contribution in [3.05, 3.63) is 36.2 Å². The van der Waals surface area contributed by atoms with Crippen LogP contribution in [0.25, 0.3) is 11.0 Å². The van der Waals surface area contributed by atoms with Gasteiger partial charge in [-0.2, -0.15) is 0 Å². The molecule has 0 fully saturated rings. The van der Waals surface area contributed by atoms with Crippen molar-refractivity contribution >= 4 is 20.9 Å². The van der Waals surface area contributed by atoms with Crippen molar-refractivity contribution in [3.8, 4) is 0 Å². The van der Waals surface area contributed by atoms with Crippen LogP contribution < -0.4 is 0 Å². The molecule has 108 valence electrons. The first-order valence-electron chi connectivity index (χ1n) is 6.62. The average molecular weight is 294 g/mol. The van der Waals surface area contributed by atoms with Crippen molar-refractivity contribution in [1.82, 2.24) is 9.97 Å². The third-order valence-corrected chi connectivity index (χ3v) is 4.97. The molecule has 0 saturated carbocycles. The fraction of sp³-hybridized carbons (Fsp3) is 0.429. The van der Waals surface area contributed by atoms with E-state index in [1.54, 1.807) is 13.1 Å². The first-order chi connectivity index (χ1) is 9.52. The highest BCUT2D eigenvalue weighted by atomic mass is 32.2. The molecule has 1 N–H and O–H groups in total. The number of hydrogen-bond donors (Lipinski definition) is 1. The minimum atomic E-state index is -2.98. The van der Waals surface area contributed by atoms with Crippen LogP contribution in [0.4, 0.5) is 0 Å². The van der Waals surface area contributed by atoms with Gasteiger partial charge in [-0.3, -0.25) is 4.98 Å². The molecule has 1 aromatic carbocycles. The van der Waals surface area contributed by atoms with Crippen LogP contribution >= 0.6 is 0 Å². The van der Waals surface area contributed by atoms with Crippen LogP contribution in [-0.2, 0) is 9.84 Å². The van der Waals surface area contributed by atoms with E-state index in [1.165, 1.54) is 0 Å². The van der Waals surface area contributed by atoms with Gasteiger partial charge in [-0.1, -0.05) is 19.1 Å². The van der Waals surface area contributed by atoms with Crippen LogP contribution in [0.3, 0.4) is 0 Å². The Morgan fingerprint density at radius 1 is 1.25 bits per heavy atom. The largest absolute Gasteiger partial charge is 0.387 e. The van der Waals surface area contributed by atoms with Crippen LogP contribution in [0.15, 0.2) is 30.5 Å². The highest BCUT2D eigenvalue weighted by molar-refractivity contribution is 7.91. The SMILES string of the molecule is CCS(=O)(=O)CCCC(O)c1cnc2ccccc2n1. The van der Waals surface area contributed by atoms with E-state index in [0.717, 1.165) is 11.0 Å². The second kappa shape index (κ2) is 6.28. The van der Waals surface area contributed by atoms with Crippen molar-refractivity contribution in [1.29, 1.82) is 0 Å². The predicted octanol–water partition coefficient (Wildman–Crippen LogP) is 1.88. The lowest BCUT2D eigenvalue weighted by molar-refractivity contribution is 0.162. The first-order valence-corrected chi connectivity index (χ1v) is 8.44. The zero-order chi connectivity index (χ0) is 14.6. The summed E-state index contributed by atoms with van der Waals surface area (Å²) in [4.78, 5) is 8.58. The minimum absolute atomic E-state index is 0.0988. The summed E-state index contributed by atoms with van der Waals surface area (Å²) in [5, 5.41) is 10.1. The van der Waals surface area contributed by atoms with Crippen LogP contribution in [0.1, 0.15) is 31.6 Å². The molecule has 5 nitrogen and oxygen atoms in total. The molecule has 0 spiro atoms. The molecule has 2 rings (SSSR count). The van der Waals surface area contributed by atoms with Gasteiger partial charge in [0.1, 0.15) is 9.84 Å². The lowest BCUT2D eigenvalue weighted by Gasteiger charge is -2.10. The standard InChI is InChI=1S/C14H18N2O3S/c1-2-20(18,19)9-5-8-14(17)13-10-15-11-6-3-4-7-12(11)16-13/h3-4,6-7,10,14,17H,2,5,8-9H2,1H3. The molecule has 0 aliphatic rings. The van der Waals surface area contributed by atoms with Gasteiger partial charge in [0.05, 0.1) is 34.8 Å². The Kier molecular flexibility index (Phi) is 4.67. The molecule has 2 aromatic rings. The van der Waals surface area contributed by atoms with Crippen LogP contribution in [0.5, 0.6) is 0 Å². The third kappa shape index (κ3) is 3.74. The second-order valence-electron chi connectivity index (χ2n) is 4.68. The van der Waals surface area contributed by atoms with Crippen molar-refractivity contribution in [2.45, 2.75) is 25.9 Å². The molecule has 0 bridgehead atoms. The molecule has 1 aromatic heterocycles. The molecule has 0 saturated heterocycles. The van der Waals surface area contributed by atoms with Crippen molar-refractivity contribution in [2.75, 3.05) is 11.5 Å². The fourth-order valence-electron chi connectivity index (χ4n) is 1.92. The van der Waals surface area contributed by atoms with Gasteiger partial charge in [-0.05, 0) is 25.0 Å². The highest BCUT2D eigenvalue weighted by Crippen LogP contribution is 2.18. The summed E-state index contributed by atoms with van der Waals surface area (Å²) in [7, 11) is -2.98. The molecule has 1 atom stereocenters. The van der Waals surface area contributed by atoms with E-state index in [4.69, 9.17) is 0 Å². The average Bonchev–Trinajstić information content (AvgIpc) is 2.46. The topological polar surface area (TPSA) is 80.2 Å². The maximum Gasteiger partial charge on any atom is 0.150 e. The zero-order valence-electron chi connectivity index (χ0n) is 11.4. The summed E-state index contributed by atoms with van der Waals surface area (Å²) in [6, 6.07) is 7.43. The summed E-state index contributed by atoms with van der Waals surface area (Å²) in [5.41, 5.74) is 1.99. The van der Waals surface area contributed by atoms with E-state index in [9.17, 15) is 13.5 Å². The maximum atomic E-state index is 11.4. The summed E-state index contributed by atoms with van der Waals surface area (Å²) in [6.07, 6.45) is 1.55. The number of aliphatic hydroxyl groups is 1. The van der Waals surface area contributed by atoms with E-state index < -0.39 is 15.9 Å². The first kappa shape index (κ1) is 14.9. The molecule has 6 heteroatoms. The smallest absolute Gasteiger partial charge is 0.150 e. The summed E-state index contributed by atoms with van der Waals surface area (Å²) >= 11 is 0. The monoisotopic (exact) mass is 294 g/mol. The van der Waals surface area contributed by atoms with E-state index in [0.29, 0.717) is 18.5 Å². The van der Waals surface area contributed by atoms with E-state index >= 15 is 0 Å². The van der Waals surface area contributed by atoms with E-state index in [-0.39, 0.29) is 11.5 Å². The quantitative estimate of drug-likeness (QED) is 0.880. The summed E-state index contributed by atoms with van der Waals surface area (Å²) in [5.74, 6) is 0.237. The van der Waals surface area contributed by atoms with Gasteiger partial charge in [-0.25, -0.2) is 13.4 Å². The number of nitrogens with zero attached hydrogens (tertiary/aromatic N) is 2. The molecule has 0 aliphatic carbocycles. The summed E-state index contributed by atoms with van der Waals surface area (Å²) in [6.45, 7) is 1.63. The Bertz CT molecular complexity index is 686. The van der Waals surface area contributed by atoms with Gasteiger partial charge in [-0.15, -0.1) is 0 Å². The molecule has 1 unspecified atom stereocenters. The zero-order valence-corrected chi connectivity index (χ0v) is 12.2. The number of sulfone groups is 1. The van der Waals surface area contributed by atoms with E-state index in [1.807, 2.05) is 24.3 Å². The number of fused-ring (bicyclic) bond motifs is 1. The Morgan fingerprint density at radius 3 is 2.65 bits per heavy atom. The minimum Gasteiger partial charge on any atom is -0.387 e. The van der Waals surface area contributed by atoms with E-state index in [2.05, 4.69) is 9.97 Å².